The molecule has 3 rings (SSSR count). The van der Waals surface area contributed by atoms with Crippen molar-refractivity contribution in [3.05, 3.63) is 36.0 Å². The second kappa shape index (κ2) is 12.2. The van der Waals surface area contributed by atoms with Crippen LogP contribution in [0.4, 0.5) is 0 Å². The number of aromatic amines is 1. The van der Waals surface area contributed by atoms with E-state index < -0.39 is 72.6 Å². The van der Waals surface area contributed by atoms with E-state index in [1.807, 2.05) is 0 Å². The van der Waals surface area contributed by atoms with Gasteiger partial charge in [0, 0.05) is 30.1 Å². The van der Waals surface area contributed by atoms with Gasteiger partial charge in [-0.25, -0.2) is 4.79 Å². The molecule has 4 unspecified atom stereocenters. The zero-order valence-corrected chi connectivity index (χ0v) is 20.3. The number of H-pyrrole nitrogens is 1. The van der Waals surface area contributed by atoms with E-state index in [9.17, 15) is 39.0 Å². The van der Waals surface area contributed by atoms with E-state index in [1.54, 1.807) is 30.5 Å². The van der Waals surface area contributed by atoms with Gasteiger partial charge in [0.15, 0.2) is 0 Å². The monoisotopic (exact) mass is 531 g/mol. The minimum Gasteiger partial charge on any atom is -0.481 e. The van der Waals surface area contributed by atoms with Crippen molar-refractivity contribution in [1.82, 2.24) is 20.5 Å². The smallest absolute Gasteiger partial charge is 0.326 e. The number of rotatable bonds is 12. The number of hydrogen-bond donors (Lipinski definition) is 7. The molecule has 14 heteroatoms. The van der Waals surface area contributed by atoms with Gasteiger partial charge >= 0.3 is 17.9 Å². The second-order valence-electron chi connectivity index (χ2n) is 9.02. The molecule has 0 spiro atoms. The first kappa shape index (κ1) is 28.1. The number of para-hydroxylation sites is 1. The van der Waals surface area contributed by atoms with Crippen LogP contribution in [0.2, 0.25) is 0 Å². The molecule has 2 heterocycles. The Kier molecular flexibility index (Phi) is 9.02. The van der Waals surface area contributed by atoms with Crippen LogP contribution in [0.25, 0.3) is 10.9 Å². The number of nitrogens with two attached hydrogens (primary N) is 1. The lowest BCUT2D eigenvalue weighted by molar-refractivity contribution is -0.145. The second-order valence-corrected chi connectivity index (χ2v) is 9.02. The summed E-state index contributed by atoms with van der Waals surface area (Å²) in [5.74, 6) is -6.67. The highest BCUT2D eigenvalue weighted by atomic mass is 16.4. The number of fused-ring (bicyclic) bond motifs is 1. The summed E-state index contributed by atoms with van der Waals surface area (Å²) in [6, 6.07) is 1.65. The van der Waals surface area contributed by atoms with E-state index >= 15 is 0 Å². The fourth-order valence-electron chi connectivity index (χ4n) is 4.44. The van der Waals surface area contributed by atoms with Crippen molar-refractivity contribution in [3.8, 4) is 0 Å². The third-order valence-electron chi connectivity index (χ3n) is 6.28. The van der Waals surface area contributed by atoms with Crippen molar-refractivity contribution in [3.63, 3.8) is 0 Å². The van der Waals surface area contributed by atoms with Crippen molar-refractivity contribution in [2.45, 2.75) is 56.3 Å². The number of carbonyl (C=O) groups excluding carboxylic acids is 3. The van der Waals surface area contributed by atoms with Gasteiger partial charge in [-0.15, -0.1) is 0 Å². The standard InChI is InChI=1S/C24H29N5O9/c25-14(9-19(30)31)23(36)29-7-3-6-18(29)22(35)27-16(10-20(32)33)21(34)28-17(24(37)38)8-12-11-26-15-5-2-1-4-13(12)15/h1-2,4-5,11,14,16-18,26H,3,6-10,25H2,(H,27,35)(H,28,34)(H,30,31)(H,32,33)(H,37,38). The van der Waals surface area contributed by atoms with E-state index in [2.05, 4.69) is 15.6 Å². The Bertz CT molecular complexity index is 1240. The number of aliphatic carboxylic acids is 3. The first-order valence-electron chi connectivity index (χ1n) is 11.9. The average Bonchev–Trinajstić information content (AvgIpc) is 3.49. The van der Waals surface area contributed by atoms with Gasteiger partial charge in [0.1, 0.15) is 18.1 Å². The number of amides is 3. The number of carbonyl (C=O) groups is 6. The summed E-state index contributed by atoms with van der Waals surface area (Å²) < 4.78 is 0. The minimum atomic E-state index is -1.63. The maximum absolute atomic E-state index is 13.0. The van der Waals surface area contributed by atoms with Crippen molar-refractivity contribution in [1.29, 1.82) is 0 Å². The highest BCUT2D eigenvalue weighted by Gasteiger charge is 2.38. The molecule has 0 radical (unpaired) electrons. The molecule has 3 amide bonds. The van der Waals surface area contributed by atoms with Crippen LogP contribution in [0.1, 0.15) is 31.2 Å². The molecule has 1 aliphatic rings. The molecule has 0 aliphatic carbocycles. The van der Waals surface area contributed by atoms with Crippen LogP contribution in [0.15, 0.2) is 30.5 Å². The van der Waals surface area contributed by atoms with Crippen LogP contribution in [0.3, 0.4) is 0 Å². The normalized spacial score (nSPS) is 17.4. The number of benzene rings is 1. The molecule has 0 bridgehead atoms. The SMILES string of the molecule is NC(CC(=O)O)C(=O)N1CCCC1C(=O)NC(CC(=O)O)C(=O)NC(Cc1c[nH]c2ccccc12)C(=O)O. The largest absolute Gasteiger partial charge is 0.481 e. The Morgan fingerprint density at radius 3 is 2.34 bits per heavy atom. The quantitative estimate of drug-likeness (QED) is 0.177. The van der Waals surface area contributed by atoms with Crippen LogP contribution >= 0.6 is 0 Å². The molecule has 0 saturated carbocycles. The number of nitrogens with zero attached hydrogens (tertiary/aromatic N) is 1. The number of carboxylic acid groups (broad SMARTS) is 3. The molecular formula is C24H29N5O9. The van der Waals surface area contributed by atoms with E-state index in [-0.39, 0.29) is 19.4 Å². The summed E-state index contributed by atoms with van der Waals surface area (Å²) in [4.78, 5) is 76.8. The molecule has 1 aliphatic heterocycles. The lowest BCUT2D eigenvalue weighted by atomic mass is 10.0. The molecule has 14 nitrogen and oxygen atoms in total. The van der Waals surface area contributed by atoms with Gasteiger partial charge in [-0.1, -0.05) is 18.2 Å². The van der Waals surface area contributed by atoms with Crippen molar-refractivity contribution >= 4 is 46.5 Å². The average molecular weight is 532 g/mol. The summed E-state index contributed by atoms with van der Waals surface area (Å²) in [6.45, 7) is 0.131. The predicted octanol–water partition coefficient (Wildman–Crippen LogP) is -0.968. The zero-order chi connectivity index (χ0) is 28.0. The Hall–Kier alpha value is -4.46. The fourth-order valence-corrected chi connectivity index (χ4v) is 4.44. The van der Waals surface area contributed by atoms with Crippen LogP contribution in [0.5, 0.6) is 0 Å². The number of carboxylic acids is 3. The van der Waals surface area contributed by atoms with Gasteiger partial charge in [0.2, 0.25) is 17.7 Å². The first-order valence-corrected chi connectivity index (χ1v) is 11.9. The molecular weight excluding hydrogens is 502 g/mol. The van der Waals surface area contributed by atoms with Gasteiger partial charge in [0.25, 0.3) is 0 Å². The fraction of sp³-hybridized carbons (Fsp3) is 0.417. The number of aromatic nitrogens is 1. The van der Waals surface area contributed by atoms with Crippen molar-refractivity contribution < 1.29 is 44.1 Å². The third-order valence-corrected chi connectivity index (χ3v) is 6.28. The van der Waals surface area contributed by atoms with Gasteiger partial charge in [-0.05, 0) is 24.5 Å². The lowest BCUT2D eigenvalue weighted by Gasteiger charge is -2.28. The van der Waals surface area contributed by atoms with E-state index in [4.69, 9.17) is 10.8 Å². The summed E-state index contributed by atoms with van der Waals surface area (Å²) in [5.41, 5.74) is 7.03. The molecule has 1 aromatic carbocycles. The molecule has 2 aromatic rings. The Labute approximate surface area is 216 Å². The number of hydrogen-bond acceptors (Lipinski definition) is 7. The molecule has 204 valence electrons. The molecule has 4 atom stereocenters. The summed E-state index contributed by atoms with van der Waals surface area (Å²) >= 11 is 0. The van der Waals surface area contributed by atoms with Crippen molar-refractivity contribution in [2.75, 3.05) is 6.54 Å². The van der Waals surface area contributed by atoms with Gasteiger partial charge in [-0.3, -0.25) is 24.0 Å². The molecule has 1 aromatic heterocycles. The highest BCUT2D eigenvalue weighted by Crippen LogP contribution is 2.20. The first-order chi connectivity index (χ1) is 18.0. The van der Waals surface area contributed by atoms with Crippen LogP contribution in [-0.4, -0.2) is 91.5 Å². The molecule has 1 fully saturated rings. The van der Waals surface area contributed by atoms with Gasteiger partial charge < -0.3 is 41.6 Å². The van der Waals surface area contributed by atoms with E-state index in [0.717, 1.165) is 15.8 Å². The third kappa shape index (κ3) is 6.85. The van der Waals surface area contributed by atoms with Crippen molar-refractivity contribution in [2.24, 2.45) is 5.73 Å². The van der Waals surface area contributed by atoms with E-state index in [1.165, 1.54) is 0 Å². The molecule has 38 heavy (non-hydrogen) atoms. The predicted molar refractivity (Wildman–Crippen MR) is 131 cm³/mol. The Morgan fingerprint density at radius 1 is 1.00 bits per heavy atom. The molecule has 8 N–H and O–H groups in total. The summed E-state index contributed by atoms with van der Waals surface area (Å²) in [5, 5.41) is 33.2. The Morgan fingerprint density at radius 2 is 1.68 bits per heavy atom. The highest BCUT2D eigenvalue weighted by molar-refractivity contribution is 5.96. The molecule has 1 saturated heterocycles. The summed E-state index contributed by atoms with van der Waals surface area (Å²) in [6.07, 6.45) is 0.633. The number of nitrogens with one attached hydrogen (secondary N) is 3. The van der Waals surface area contributed by atoms with Crippen LogP contribution in [0, 0.1) is 0 Å². The zero-order valence-electron chi connectivity index (χ0n) is 20.3. The topological polar surface area (TPSA) is 232 Å². The Balaban J connectivity index is 1.72. The van der Waals surface area contributed by atoms with Gasteiger partial charge in [-0.2, -0.15) is 0 Å². The number of likely N-dealkylation sites (tertiary alicyclic amines) is 1. The maximum Gasteiger partial charge on any atom is 0.326 e. The lowest BCUT2D eigenvalue weighted by Crippen LogP contribution is -2.57. The van der Waals surface area contributed by atoms with Crippen LogP contribution < -0.4 is 16.4 Å². The minimum absolute atomic E-state index is 0.106. The van der Waals surface area contributed by atoms with E-state index in [0.29, 0.717) is 12.0 Å². The maximum atomic E-state index is 13.0. The van der Waals surface area contributed by atoms with Crippen LogP contribution in [-0.2, 0) is 35.2 Å². The van der Waals surface area contributed by atoms with Gasteiger partial charge in [0.05, 0.1) is 18.9 Å². The summed E-state index contributed by atoms with van der Waals surface area (Å²) in [7, 11) is 0.